The lowest BCUT2D eigenvalue weighted by atomic mass is 9.92. The molecule has 0 amide bonds. The van der Waals surface area contributed by atoms with E-state index in [4.69, 9.17) is 0 Å². The smallest absolute Gasteiger partial charge is 0.283 e. The highest BCUT2D eigenvalue weighted by molar-refractivity contribution is 9.10. The van der Waals surface area contributed by atoms with Crippen LogP contribution in [0, 0.1) is 5.41 Å². The number of anilines is 1. The van der Waals surface area contributed by atoms with Crippen LogP contribution in [0.1, 0.15) is 27.2 Å². The Balaban J connectivity index is 2.71. The van der Waals surface area contributed by atoms with E-state index in [-0.39, 0.29) is 11.0 Å². The minimum atomic E-state index is -0.0902. The zero-order valence-electron chi connectivity index (χ0n) is 13.0. The van der Waals surface area contributed by atoms with Crippen molar-refractivity contribution in [3.63, 3.8) is 0 Å². The maximum absolute atomic E-state index is 12.2. The molecular formula is C14H25BrN4O. The van der Waals surface area contributed by atoms with Crippen molar-refractivity contribution in [3.05, 3.63) is 21.0 Å². The van der Waals surface area contributed by atoms with Crippen LogP contribution < -0.4 is 10.9 Å². The lowest BCUT2D eigenvalue weighted by Crippen LogP contribution is -2.29. The van der Waals surface area contributed by atoms with E-state index in [1.165, 1.54) is 4.68 Å². The molecule has 0 fully saturated rings. The van der Waals surface area contributed by atoms with Crippen molar-refractivity contribution in [2.45, 2.75) is 33.7 Å². The molecule has 5 nitrogen and oxygen atoms in total. The summed E-state index contributed by atoms with van der Waals surface area (Å²) in [5, 5.41) is 7.48. The molecule has 1 aromatic rings. The zero-order valence-corrected chi connectivity index (χ0v) is 14.6. The molecule has 0 radical (unpaired) electrons. The van der Waals surface area contributed by atoms with Gasteiger partial charge in [0.15, 0.2) is 0 Å². The Labute approximate surface area is 129 Å². The van der Waals surface area contributed by atoms with Crippen LogP contribution in [-0.4, -0.2) is 41.9 Å². The molecule has 0 aliphatic heterocycles. The minimum Gasteiger partial charge on any atom is -0.383 e. The highest BCUT2D eigenvalue weighted by Gasteiger charge is 2.12. The van der Waals surface area contributed by atoms with Gasteiger partial charge in [0.05, 0.1) is 18.4 Å². The first-order chi connectivity index (χ1) is 9.20. The van der Waals surface area contributed by atoms with Gasteiger partial charge in [0.25, 0.3) is 5.56 Å². The first-order valence-electron chi connectivity index (χ1n) is 6.85. The molecule has 20 heavy (non-hydrogen) atoms. The van der Waals surface area contributed by atoms with Crippen molar-refractivity contribution in [2.75, 3.05) is 32.5 Å². The number of hydrogen-bond donors (Lipinski definition) is 1. The molecular weight excluding hydrogens is 320 g/mol. The van der Waals surface area contributed by atoms with Crippen LogP contribution in [0.15, 0.2) is 15.5 Å². The highest BCUT2D eigenvalue weighted by atomic mass is 79.9. The summed E-state index contributed by atoms with van der Waals surface area (Å²) in [5.41, 5.74) is 0.945. The van der Waals surface area contributed by atoms with Gasteiger partial charge >= 0.3 is 0 Å². The Morgan fingerprint density at radius 1 is 1.40 bits per heavy atom. The summed E-state index contributed by atoms with van der Waals surface area (Å²) >= 11 is 3.37. The molecule has 0 bridgehead atoms. The second kappa shape index (κ2) is 7.22. The third-order valence-corrected chi connectivity index (χ3v) is 3.70. The molecule has 0 aliphatic carbocycles. The number of halogens is 1. The number of hydrogen-bond acceptors (Lipinski definition) is 4. The van der Waals surface area contributed by atoms with E-state index in [0.29, 0.717) is 11.0 Å². The summed E-state index contributed by atoms with van der Waals surface area (Å²) in [4.78, 5) is 14.2. The molecule has 0 unspecified atom stereocenters. The van der Waals surface area contributed by atoms with Gasteiger partial charge in [0, 0.05) is 13.1 Å². The van der Waals surface area contributed by atoms with Gasteiger partial charge in [0.2, 0.25) is 0 Å². The predicted octanol–water partition coefficient (Wildman–Crippen LogP) is 2.42. The van der Waals surface area contributed by atoms with E-state index in [9.17, 15) is 4.79 Å². The maximum atomic E-state index is 12.2. The Kier molecular flexibility index (Phi) is 6.20. The van der Waals surface area contributed by atoms with E-state index < -0.39 is 0 Å². The van der Waals surface area contributed by atoms with Crippen molar-refractivity contribution >= 4 is 21.6 Å². The summed E-state index contributed by atoms with van der Waals surface area (Å²) in [6.07, 6.45) is 2.74. The van der Waals surface area contributed by atoms with Crippen molar-refractivity contribution in [3.8, 4) is 0 Å². The molecule has 0 aliphatic rings. The Hall–Kier alpha value is -0.880. The van der Waals surface area contributed by atoms with Gasteiger partial charge in [-0.1, -0.05) is 20.8 Å². The summed E-state index contributed by atoms with van der Waals surface area (Å²) in [6, 6.07) is 0. The summed E-state index contributed by atoms with van der Waals surface area (Å²) in [7, 11) is 3.95. The largest absolute Gasteiger partial charge is 0.383 e. The number of rotatable bonds is 6. The quantitative estimate of drug-likeness (QED) is 0.860. The molecule has 1 rings (SSSR count). The van der Waals surface area contributed by atoms with E-state index in [2.05, 4.69) is 47.1 Å². The van der Waals surface area contributed by atoms with Gasteiger partial charge in [-0.15, -0.1) is 0 Å². The number of likely N-dealkylation sites (N-methyl/N-ethyl adjacent to an activating group) is 1. The van der Waals surface area contributed by atoms with Crippen molar-refractivity contribution in [1.29, 1.82) is 0 Å². The average molecular weight is 345 g/mol. The molecule has 1 N–H and O–H groups in total. The van der Waals surface area contributed by atoms with Crippen molar-refractivity contribution < 1.29 is 0 Å². The topological polar surface area (TPSA) is 50.2 Å². The fourth-order valence-electron chi connectivity index (χ4n) is 1.61. The van der Waals surface area contributed by atoms with Crippen LogP contribution in [0.2, 0.25) is 0 Å². The Morgan fingerprint density at radius 2 is 2.05 bits per heavy atom. The third kappa shape index (κ3) is 5.63. The first-order valence-corrected chi connectivity index (χ1v) is 7.64. The van der Waals surface area contributed by atoms with Crippen molar-refractivity contribution in [1.82, 2.24) is 14.7 Å². The van der Waals surface area contributed by atoms with Crippen LogP contribution >= 0.6 is 15.9 Å². The van der Waals surface area contributed by atoms with Gasteiger partial charge in [-0.25, -0.2) is 4.68 Å². The molecule has 114 valence electrons. The fourth-order valence-corrected chi connectivity index (χ4v) is 2.06. The maximum Gasteiger partial charge on any atom is 0.283 e. The van der Waals surface area contributed by atoms with Gasteiger partial charge in [-0.3, -0.25) is 4.79 Å². The van der Waals surface area contributed by atoms with Gasteiger partial charge in [-0.05, 0) is 41.9 Å². The second-order valence-electron chi connectivity index (χ2n) is 6.44. The molecule has 6 heteroatoms. The summed E-state index contributed by atoms with van der Waals surface area (Å²) in [6.45, 7) is 8.79. The summed E-state index contributed by atoms with van der Waals surface area (Å²) < 4.78 is 2.04. The van der Waals surface area contributed by atoms with E-state index in [1.807, 2.05) is 19.0 Å². The molecule has 1 aromatic heterocycles. The average Bonchev–Trinajstić information content (AvgIpc) is 2.32. The lowest BCUT2D eigenvalue weighted by Gasteiger charge is -2.19. The van der Waals surface area contributed by atoms with Crippen LogP contribution in [0.25, 0.3) is 0 Å². The van der Waals surface area contributed by atoms with Crippen LogP contribution in [-0.2, 0) is 6.54 Å². The van der Waals surface area contributed by atoms with Gasteiger partial charge in [0.1, 0.15) is 4.47 Å². The molecule has 0 atom stereocenters. The van der Waals surface area contributed by atoms with E-state index >= 15 is 0 Å². The highest BCUT2D eigenvalue weighted by Crippen LogP contribution is 2.20. The summed E-state index contributed by atoms with van der Waals surface area (Å²) in [5.74, 6) is 0. The Morgan fingerprint density at radius 3 is 2.60 bits per heavy atom. The second-order valence-corrected chi connectivity index (χ2v) is 7.23. The minimum absolute atomic E-state index is 0.0902. The number of nitrogens with one attached hydrogen (secondary N) is 1. The van der Waals surface area contributed by atoms with Gasteiger partial charge < -0.3 is 10.2 Å². The molecule has 0 spiro atoms. The monoisotopic (exact) mass is 344 g/mol. The molecule has 0 saturated heterocycles. The molecule has 1 heterocycles. The zero-order chi connectivity index (χ0) is 15.3. The lowest BCUT2D eigenvalue weighted by molar-refractivity contribution is 0.367. The number of nitrogens with zero attached hydrogens (tertiary/aromatic N) is 3. The predicted molar refractivity (Wildman–Crippen MR) is 87.3 cm³/mol. The molecule has 0 saturated carbocycles. The van der Waals surface area contributed by atoms with E-state index in [0.717, 1.165) is 25.2 Å². The van der Waals surface area contributed by atoms with Crippen molar-refractivity contribution in [2.24, 2.45) is 5.41 Å². The van der Waals surface area contributed by atoms with Crippen LogP contribution in [0.3, 0.4) is 0 Å². The molecule has 0 aromatic carbocycles. The van der Waals surface area contributed by atoms with E-state index in [1.54, 1.807) is 6.20 Å². The third-order valence-electron chi connectivity index (χ3n) is 2.93. The first kappa shape index (κ1) is 17.2. The fraction of sp³-hybridized carbons (Fsp3) is 0.714. The SMILES string of the molecule is CN(C)CCn1ncc(NCCC(C)(C)C)c(Br)c1=O. The van der Waals surface area contributed by atoms with Crippen LogP contribution in [0.4, 0.5) is 5.69 Å². The van der Waals surface area contributed by atoms with Gasteiger partial charge in [-0.2, -0.15) is 5.10 Å². The van der Waals surface area contributed by atoms with Crippen LogP contribution in [0.5, 0.6) is 0 Å². The Bertz CT molecular complexity index is 491. The number of aromatic nitrogens is 2. The normalized spacial score (nSPS) is 11.9. The standard InChI is InChI=1S/C14H25BrN4O/c1-14(2,3)6-7-16-11-10-17-19(9-8-18(4)5)13(20)12(11)15/h10,16H,6-9H2,1-5H3.